The van der Waals surface area contributed by atoms with Crippen molar-refractivity contribution in [2.24, 2.45) is 0 Å². The highest BCUT2D eigenvalue weighted by molar-refractivity contribution is 8.01. The Hall–Kier alpha value is -3.31. The van der Waals surface area contributed by atoms with Gasteiger partial charge in [-0.2, -0.15) is 0 Å². The standard InChI is InChI=1S/C25H30N4O5S2/c1-4-32-19-14-18(15-20(33-5-2)22(19)34-6-3)23(31)27-24-28-29-25(36-24)35-16-21(30)26-13-12-17-10-8-7-9-11-17/h7-11,14-15H,4-6,12-13,16H2,1-3H3,(H,26,30)(H,27,28,31). The molecule has 0 aliphatic heterocycles. The third-order valence-electron chi connectivity index (χ3n) is 4.70. The highest BCUT2D eigenvalue weighted by Gasteiger charge is 2.19. The topological polar surface area (TPSA) is 112 Å². The fourth-order valence-electron chi connectivity index (χ4n) is 3.18. The van der Waals surface area contributed by atoms with Crippen LogP contribution in [0, 0.1) is 0 Å². The lowest BCUT2D eigenvalue weighted by atomic mass is 10.1. The van der Waals surface area contributed by atoms with E-state index in [4.69, 9.17) is 14.2 Å². The maximum absolute atomic E-state index is 12.9. The monoisotopic (exact) mass is 530 g/mol. The summed E-state index contributed by atoms with van der Waals surface area (Å²) in [6.45, 7) is 7.39. The van der Waals surface area contributed by atoms with Crippen molar-refractivity contribution in [3.8, 4) is 17.2 Å². The molecule has 36 heavy (non-hydrogen) atoms. The van der Waals surface area contributed by atoms with Crippen molar-refractivity contribution in [1.29, 1.82) is 0 Å². The van der Waals surface area contributed by atoms with Gasteiger partial charge in [0.15, 0.2) is 15.8 Å². The Morgan fingerprint density at radius 2 is 1.61 bits per heavy atom. The number of anilines is 1. The SMILES string of the molecule is CCOc1cc(C(=O)Nc2nnc(SCC(=O)NCCc3ccccc3)s2)cc(OCC)c1OCC. The van der Waals surface area contributed by atoms with E-state index >= 15 is 0 Å². The van der Waals surface area contributed by atoms with E-state index in [2.05, 4.69) is 20.8 Å². The first-order valence-corrected chi connectivity index (χ1v) is 13.5. The number of ether oxygens (including phenoxy) is 3. The van der Waals surface area contributed by atoms with Crippen molar-refractivity contribution in [2.45, 2.75) is 31.5 Å². The normalized spacial score (nSPS) is 10.5. The number of hydrogen-bond acceptors (Lipinski definition) is 9. The van der Waals surface area contributed by atoms with Crippen LogP contribution >= 0.6 is 23.1 Å². The zero-order chi connectivity index (χ0) is 25.8. The highest BCUT2D eigenvalue weighted by atomic mass is 32.2. The number of aromatic nitrogens is 2. The molecule has 0 spiro atoms. The van der Waals surface area contributed by atoms with Gasteiger partial charge in [0.25, 0.3) is 5.91 Å². The Labute approximate surface area is 218 Å². The first kappa shape index (κ1) is 27.3. The summed E-state index contributed by atoms with van der Waals surface area (Å²) in [5.41, 5.74) is 1.51. The Morgan fingerprint density at radius 3 is 2.25 bits per heavy atom. The number of carbonyl (C=O) groups excluding carboxylic acids is 2. The smallest absolute Gasteiger partial charge is 0.257 e. The number of carbonyl (C=O) groups is 2. The second kappa shape index (κ2) is 14.3. The quantitative estimate of drug-likeness (QED) is 0.232. The number of amides is 2. The van der Waals surface area contributed by atoms with E-state index in [1.165, 1.54) is 28.7 Å². The number of hydrogen-bond donors (Lipinski definition) is 2. The molecule has 3 rings (SSSR count). The van der Waals surface area contributed by atoms with E-state index in [-0.39, 0.29) is 17.6 Å². The van der Waals surface area contributed by atoms with E-state index in [9.17, 15) is 9.59 Å². The van der Waals surface area contributed by atoms with Gasteiger partial charge in [-0.1, -0.05) is 53.4 Å². The van der Waals surface area contributed by atoms with Gasteiger partial charge >= 0.3 is 0 Å². The first-order valence-electron chi connectivity index (χ1n) is 11.7. The molecular formula is C25H30N4O5S2. The molecule has 1 aromatic heterocycles. The van der Waals surface area contributed by atoms with Crippen molar-refractivity contribution in [1.82, 2.24) is 15.5 Å². The summed E-state index contributed by atoms with van der Waals surface area (Å²) in [7, 11) is 0. The molecule has 0 bridgehead atoms. The average molecular weight is 531 g/mol. The highest BCUT2D eigenvalue weighted by Crippen LogP contribution is 2.39. The largest absolute Gasteiger partial charge is 0.490 e. The Morgan fingerprint density at radius 1 is 0.944 bits per heavy atom. The Balaban J connectivity index is 1.56. The molecule has 0 atom stereocenters. The van der Waals surface area contributed by atoms with Gasteiger partial charge in [-0.05, 0) is 44.9 Å². The van der Waals surface area contributed by atoms with Crippen LogP contribution in [0.4, 0.5) is 5.13 Å². The lowest BCUT2D eigenvalue weighted by molar-refractivity contribution is -0.118. The van der Waals surface area contributed by atoms with Crippen LogP contribution in [0.2, 0.25) is 0 Å². The van der Waals surface area contributed by atoms with Gasteiger partial charge in [0.2, 0.25) is 16.8 Å². The van der Waals surface area contributed by atoms with Crippen LogP contribution in [-0.4, -0.2) is 54.1 Å². The zero-order valence-electron chi connectivity index (χ0n) is 20.5. The van der Waals surface area contributed by atoms with Gasteiger partial charge in [0.05, 0.1) is 25.6 Å². The molecule has 3 aromatic rings. The van der Waals surface area contributed by atoms with Crippen molar-refractivity contribution in [2.75, 3.05) is 37.4 Å². The van der Waals surface area contributed by atoms with Crippen LogP contribution in [-0.2, 0) is 11.2 Å². The number of thioether (sulfide) groups is 1. The molecule has 0 aliphatic carbocycles. The summed E-state index contributed by atoms with van der Waals surface area (Å²) in [5.74, 6) is 1.08. The van der Waals surface area contributed by atoms with Crippen molar-refractivity contribution < 1.29 is 23.8 Å². The molecule has 0 fully saturated rings. The van der Waals surface area contributed by atoms with Crippen LogP contribution in [0.25, 0.3) is 0 Å². The van der Waals surface area contributed by atoms with Gasteiger partial charge < -0.3 is 19.5 Å². The third-order valence-corrected chi connectivity index (χ3v) is 6.68. The maximum Gasteiger partial charge on any atom is 0.257 e. The molecule has 1 heterocycles. The molecule has 2 aromatic carbocycles. The molecule has 0 aliphatic rings. The van der Waals surface area contributed by atoms with Crippen LogP contribution in [0.1, 0.15) is 36.7 Å². The molecule has 2 amide bonds. The molecule has 192 valence electrons. The van der Waals surface area contributed by atoms with E-state index in [0.29, 0.717) is 58.6 Å². The molecule has 0 saturated carbocycles. The minimum atomic E-state index is -0.383. The molecule has 0 radical (unpaired) electrons. The maximum atomic E-state index is 12.9. The van der Waals surface area contributed by atoms with Gasteiger partial charge in [-0.3, -0.25) is 14.9 Å². The van der Waals surface area contributed by atoms with E-state index < -0.39 is 0 Å². The lowest BCUT2D eigenvalue weighted by Crippen LogP contribution is -2.27. The Kier molecular flexibility index (Phi) is 10.8. The molecular weight excluding hydrogens is 500 g/mol. The summed E-state index contributed by atoms with van der Waals surface area (Å²) in [6, 6.07) is 13.2. The number of rotatable bonds is 14. The average Bonchev–Trinajstić information content (AvgIpc) is 3.32. The minimum Gasteiger partial charge on any atom is -0.490 e. The van der Waals surface area contributed by atoms with Gasteiger partial charge in [0.1, 0.15) is 0 Å². The third kappa shape index (κ3) is 8.13. The summed E-state index contributed by atoms with van der Waals surface area (Å²) in [5, 5.41) is 14.1. The second-order valence-electron chi connectivity index (χ2n) is 7.30. The fourth-order valence-corrected chi connectivity index (χ4v) is 4.75. The van der Waals surface area contributed by atoms with Crippen LogP contribution < -0.4 is 24.8 Å². The molecule has 11 heteroatoms. The van der Waals surface area contributed by atoms with E-state index in [1.54, 1.807) is 12.1 Å². The first-order chi connectivity index (χ1) is 17.5. The van der Waals surface area contributed by atoms with E-state index in [1.807, 2.05) is 51.1 Å². The van der Waals surface area contributed by atoms with Crippen LogP contribution in [0.15, 0.2) is 46.8 Å². The van der Waals surface area contributed by atoms with Crippen molar-refractivity contribution >= 4 is 40.0 Å². The predicted molar refractivity (Wildman–Crippen MR) is 142 cm³/mol. The Bertz CT molecular complexity index is 1110. The van der Waals surface area contributed by atoms with E-state index in [0.717, 1.165) is 6.42 Å². The summed E-state index contributed by atoms with van der Waals surface area (Å²) >= 11 is 2.47. The summed E-state index contributed by atoms with van der Waals surface area (Å²) < 4.78 is 17.6. The molecule has 0 unspecified atom stereocenters. The van der Waals surface area contributed by atoms with Crippen molar-refractivity contribution in [3.63, 3.8) is 0 Å². The molecule has 0 saturated heterocycles. The van der Waals surface area contributed by atoms with Crippen LogP contribution in [0.5, 0.6) is 17.2 Å². The van der Waals surface area contributed by atoms with Gasteiger partial charge in [-0.15, -0.1) is 10.2 Å². The molecule has 2 N–H and O–H groups in total. The summed E-state index contributed by atoms with van der Waals surface area (Å²) in [6.07, 6.45) is 0.772. The predicted octanol–water partition coefficient (Wildman–Crippen LogP) is 4.44. The molecule has 9 nitrogen and oxygen atoms in total. The minimum absolute atomic E-state index is 0.0852. The van der Waals surface area contributed by atoms with Crippen molar-refractivity contribution in [3.05, 3.63) is 53.6 Å². The second-order valence-corrected chi connectivity index (χ2v) is 9.50. The number of nitrogens with zero attached hydrogens (tertiary/aromatic N) is 2. The van der Waals surface area contributed by atoms with Crippen LogP contribution in [0.3, 0.4) is 0 Å². The number of nitrogens with one attached hydrogen (secondary N) is 2. The lowest BCUT2D eigenvalue weighted by Gasteiger charge is -2.16. The van der Waals surface area contributed by atoms with Gasteiger partial charge in [-0.25, -0.2) is 0 Å². The number of benzene rings is 2. The zero-order valence-corrected chi connectivity index (χ0v) is 22.2. The van der Waals surface area contributed by atoms with Gasteiger partial charge in [0, 0.05) is 12.1 Å². The summed E-state index contributed by atoms with van der Waals surface area (Å²) in [4.78, 5) is 25.1. The fraction of sp³-hybridized carbons (Fsp3) is 0.360.